The van der Waals surface area contributed by atoms with E-state index >= 15 is 0 Å². The number of nitrogens with zero attached hydrogens (tertiary/aromatic N) is 11. The quantitative estimate of drug-likeness (QED) is 0.101. The first-order valence-corrected chi connectivity index (χ1v) is 24.1. The number of carbonyl (C=O) groups is 1. The summed E-state index contributed by atoms with van der Waals surface area (Å²) in [7, 11) is 0. The summed E-state index contributed by atoms with van der Waals surface area (Å²) in [6, 6.07) is 41.1. The molecule has 1 N–H and O–H groups in total. The van der Waals surface area contributed by atoms with Gasteiger partial charge in [-0.3, -0.25) is 14.6 Å². The van der Waals surface area contributed by atoms with E-state index in [0.717, 1.165) is 108 Å². The highest BCUT2D eigenvalue weighted by atomic mass is 32.1. The number of amides is 1. The lowest BCUT2D eigenvalue weighted by molar-refractivity contribution is -0.119. The maximum atomic E-state index is 10.9. The fraction of sp³-hybridized carbons (Fsp3) is 0.275. The monoisotopic (exact) mass is 940 g/mol. The molecule has 0 saturated carbocycles. The van der Waals surface area contributed by atoms with Crippen LogP contribution >= 0.6 is 22.7 Å². The van der Waals surface area contributed by atoms with Crippen molar-refractivity contribution in [1.29, 1.82) is 10.5 Å². The second kappa shape index (κ2) is 22.5. The first-order valence-electron chi connectivity index (χ1n) is 22.4. The lowest BCUT2D eigenvalue weighted by Gasteiger charge is -2.32. The van der Waals surface area contributed by atoms with Crippen molar-refractivity contribution in [2.75, 3.05) is 52.4 Å². The van der Waals surface area contributed by atoms with Gasteiger partial charge in [0.15, 0.2) is 0 Å². The SMILES string of the molecule is N#CC(c1ccnc(OCc2ccc(CN3CCN(C=O)CC3)cc2)n1)c1nc2ccccc2s1.N#CC(c1ccnc(OCc2ccc(CN3CCNCC3)cc2)n1)c1nc2ccccc2s1. The van der Waals surface area contributed by atoms with E-state index in [1.54, 1.807) is 24.5 Å². The number of aromatic nitrogens is 6. The highest BCUT2D eigenvalue weighted by Crippen LogP contribution is 2.32. The van der Waals surface area contributed by atoms with Crippen LogP contribution in [-0.2, 0) is 31.1 Å². The number of ether oxygens (including phenoxy) is 2. The van der Waals surface area contributed by atoms with Crippen LogP contribution in [0.15, 0.2) is 122 Å². The zero-order valence-electron chi connectivity index (χ0n) is 37.2. The third-order valence-corrected chi connectivity index (χ3v) is 13.8. The Morgan fingerprint density at radius 1 is 0.574 bits per heavy atom. The Balaban J connectivity index is 0.000000170. The number of benzene rings is 4. The van der Waals surface area contributed by atoms with Crippen molar-refractivity contribution in [3.63, 3.8) is 0 Å². The van der Waals surface area contributed by atoms with Gasteiger partial charge in [-0.05, 0) is 58.7 Å². The van der Waals surface area contributed by atoms with E-state index in [1.807, 2.05) is 65.6 Å². The van der Waals surface area contributed by atoms with Crippen molar-refractivity contribution in [1.82, 2.24) is 49.9 Å². The van der Waals surface area contributed by atoms with Gasteiger partial charge < -0.3 is 19.7 Å². The van der Waals surface area contributed by atoms with Crippen LogP contribution in [0.5, 0.6) is 12.0 Å². The molecule has 0 spiro atoms. The first kappa shape index (κ1) is 45.9. The van der Waals surface area contributed by atoms with Gasteiger partial charge in [-0.15, -0.1) is 22.7 Å². The molecule has 2 atom stereocenters. The number of fused-ring (bicyclic) bond motifs is 2. The lowest BCUT2D eigenvalue weighted by Crippen LogP contribution is -2.45. The second-order valence-corrected chi connectivity index (χ2v) is 18.5. The molecule has 2 fully saturated rings. The smallest absolute Gasteiger partial charge is 0.316 e. The Morgan fingerprint density at radius 3 is 1.46 bits per heavy atom. The molecule has 0 radical (unpaired) electrons. The normalized spacial score (nSPS) is 15.1. The highest BCUT2D eigenvalue weighted by Gasteiger charge is 2.22. The number of rotatable bonds is 15. The number of hydrogen-bond acceptors (Lipinski definition) is 16. The molecule has 15 nitrogen and oxygen atoms in total. The number of thiazole rings is 2. The fourth-order valence-electron chi connectivity index (χ4n) is 7.88. The lowest BCUT2D eigenvalue weighted by atomic mass is 10.1. The zero-order valence-corrected chi connectivity index (χ0v) is 38.9. The summed E-state index contributed by atoms with van der Waals surface area (Å²) in [5.41, 5.74) is 7.52. The molecule has 68 heavy (non-hydrogen) atoms. The number of para-hydroxylation sites is 2. The van der Waals surface area contributed by atoms with Gasteiger partial charge >= 0.3 is 12.0 Å². The van der Waals surface area contributed by atoms with E-state index in [1.165, 1.54) is 33.8 Å². The first-order chi connectivity index (χ1) is 33.5. The minimum absolute atomic E-state index is 0.237. The molecule has 2 aliphatic heterocycles. The van der Waals surface area contributed by atoms with E-state index in [2.05, 4.69) is 93.6 Å². The number of hydrogen-bond donors (Lipinski definition) is 1. The van der Waals surface area contributed by atoms with Crippen molar-refractivity contribution >= 4 is 49.5 Å². The third kappa shape index (κ3) is 11.8. The standard InChI is InChI=1S/C26H24N6O2S.C25H24N6OS/c27-15-21(25-29-23-3-1-2-4-24(23)35-25)22-9-10-28-26(30-22)34-17-20-7-5-19(6-8-20)16-31-11-13-32(18-33)14-12-31;26-15-20(24-29-22-3-1-2-4-23(22)33-24)21-9-10-28-25(30-21)32-17-19-7-5-18(6-8-19)16-31-13-11-27-12-14-31/h1-10,18,21H,11-14,16-17H2;1-10,20,27H,11-14,16-17H2. The maximum Gasteiger partial charge on any atom is 0.316 e. The molecule has 17 heteroatoms. The summed E-state index contributed by atoms with van der Waals surface area (Å²) >= 11 is 3.01. The number of nitriles is 2. The van der Waals surface area contributed by atoms with Crippen molar-refractivity contribution in [3.05, 3.63) is 165 Å². The van der Waals surface area contributed by atoms with Gasteiger partial charge in [0, 0.05) is 77.8 Å². The van der Waals surface area contributed by atoms with Crippen LogP contribution in [0.25, 0.3) is 20.4 Å². The molecular formula is C51H48N12O3S2. The Kier molecular flexibility index (Phi) is 15.2. The van der Waals surface area contributed by atoms with Crippen LogP contribution in [0.2, 0.25) is 0 Å². The molecule has 0 aliphatic carbocycles. The van der Waals surface area contributed by atoms with Crippen LogP contribution in [0, 0.1) is 22.7 Å². The van der Waals surface area contributed by atoms with Gasteiger partial charge in [0.25, 0.3) is 0 Å². The predicted octanol–water partition coefficient (Wildman–Crippen LogP) is 7.32. The van der Waals surface area contributed by atoms with Crippen LogP contribution in [0.4, 0.5) is 0 Å². The van der Waals surface area contributed by atoms with Gasteiger partial charge in [0.05, 0.1) is 44.0 Å². The number of carbonyl (C=O) groups excluding carboxylic acids is 1. The molecule has 4 aromatic carbocycles. The molecule has 2 aliphatic rings. The zero-order chi connectivity index (χ0) is 46.5. The summed E-state index contributed by atoms with van der Waals surface area (Å²) in [4.78, 5) is 44.2. The summed E-state index contributed by atoms with van der Waals surface area (Å²) in [6.45, 7) is 10.1. The molecule has 342 valence electrons. The largest absolute Gasteiger partial charge is 0.459 e. The highest BCUT2D eigenvalue weighted by molar-refractivity contribution is 7.19. The van der Waals surface area contributed by atoms with Gasteiger partial charge in [0.1, 0.15) is 35.1 Å². The predicted molar refractivity (Wildman–Crippen MR) is 261 cm³/mol. The topological polar surface area (TPSA) is 182 Å². The van der Waals surface area contributed by atoms with Gasteiger partial charge in [-0.25, -0.2) is 19.9 Å². The summed E-state index contributed by atoms with van der Waals surface area (Å²) < 4.78 is 13.8. The Hall–Kier alpha value is -7.25. The van der Waals surface area contributed by atoms with Gasteiger partial charge in [-0.1, -0.05) is 72.8 Å². The average Bonchev–Trinajstić information content (AvgIpc) is 4.02. The molecular weight excluding hydrogens is 893 g/mol. The van der Waals surface area contributed by atoms with Gasteiger partial charge in [-0.2, -0.15) is 20.5 Å². The molecule has 0 bridgehead atoms. The molecule has 8 aromatic rings. The van der Waals surface area contributed by atoms with Crippen molar-refractivity contribution < 1.29 is 14.3 Å². The number of piperazine rings is 2. The van der Waals surface area contributed by atoms with E-state index in [-0.39, 0.29) is 12.0 Å². The molecule has 4 aromatic heterocycles. The van der Waals surface area contributed by atoms with Crippen LogP contribution in [0.1, 0.15) is 55.5 Å². The molecule has 2 saturated heterocycles. The fourth-order valence-corrected chi connectivity index (χ4v) is 9.93. The molecule has 1 amide bonds. The molecule has 10 rings (SSSR count). The van der Waals surface area contributed by atoms with E-state index in [0.29, 0.717) is 29.6 Å². The molecule has 6 heterocycles. The van der Waals surface area contributed by atoms with Crippen LogP contribution in [-0.4, -0.2) is 103 Å². The average molecular weight is 941 g/mol. The van der Waals surface area contributed by atoms with Crippen LogP contribution < -0.4 is 14.8 Å². The Morgan fingerprint density at radius 2 is 1.01 bits per heavy atom. The van der Waals surface area contributed by atoms with E-state index in [4.69, 9.17) is 9.47 Å². The van der Waals surface area contributed by atoms with Crippen molar-refractivity contribution in [2.45, 2.75) is 38.1 Å². The minimum atomic E-state index is -0.578. The summed E-state index contributed by atoms with van der Waals surface area (Å²) in [6.07, 6.45) is 4.17. The minimum Gasteiger partial charge on any atom is -0.459 e. The second-order valence-electron chi connectivity index (χ2n) is 16.3. The van der Waals surface area contributed by atoms with Crippen molar-refractivity contribution in [2.24, 2.45) is 0 Å². The van der Waals surface area contributed by atoms with Gasteiger partial charge in [0.2, 0.25) is 6.41 Å². The van der Waals surface area contributed by atoms with Crippen LogP contribution in [0.3, 0.4) is 0 Å². The summed E-state index contributed by atoms with van der Waals surface area (Å²) in [5, 5.41) is 24.4. The summed E-state index contributed by atoms with van der Waals surface area (Å²) in [5.74, 6) is -1.14. The molecule has 2 unspecified atom stereocenters. The Labute approximate surface area is 402 Å². The Bertz CT molecular complexity index is 2940. The third-order valence-electron chi connectivity index (χ3n) is 11.6. The van der Waals surface area contributed by atoms with E-state index < -0.39 is 11.8 Å². The van der Waals surface area contributed by atoms with Crippen molar-refractivity contribution in [3.8, 4) is 24.2 Å². The number of nitrogens with one attached hydrogen (secondary N) is 1. The maximum absolute atomic E-state index is 10.9. The van der Waals surface area contributed by atoms with E-state index in [9.17, 15) is 15.3 Å².